The monoisotopic (exact) mass is 309 g/mol. The number of benzene rings is 1. The Kier molecular flexibility index (Phi) is 3.90. The Morgan fingerprint density at radius 1 is 1.17 bits per heavy atom. The van der Waals surface area contributed by atoms with Gasteiger partial charge in [-0.1, -0.05) is 24.3 Å². The number of nitrogens with zero attached hydrogens (tertiary/aromatic N) is 3. The van der Waals surface area contributed by atoms with Gasteiger partial charge in [-0.15, -0.1) is 0 Å². The van der Waals surface area contributed by atoms with Crippen LogP contribution >= 0.6 is 0 Å². The predicted octanol–water partition coefficient (Wildman–Crippen LogP) is 3.17. The zero-order valence-corrected chi connectivity index (χ0v) is 13.4. The molecule has 0 bridgehead atoms. The number of likely N-dealkylation sites (tertiary alicyclic amines) is 1. The molecule has 0 radical (unpaired) electrons. The molecule has 1 aromatic carbocycles. The fourth-order valence-electron chi connectivity index (χ4n) is 4.11. The lowest BCUT2D eigenvalue weighted by atomic mass is 9.81. The third kappa shape index (κ3) is 2.78. The lowest BCUT2D eigenvalue weighted by molar-refractivity contribution is -0.134. The van der Waals surface area contributed by atoms with Gasteiger partial charge in [0, 0.05) is 25.5 Å². The summed E-state index contributed by atoms with van der Waals surface area (Å²) in [5, 5.41) is 0. The van der Waals surface area contributed by atoms with Crippen molar-refractivity contribution in [2.45, 2.75) is 44.1 Å². The van der Waals surface area contributed by atoms with Crippen molar-refractivity contribution in [1.82, 2.24) is 14.5 Å². The summed E-state index contributed by atoms with van der Waals surface area (Å²) >= 11 is 0. The van der Waals surface area contributed by atoms with E-state index < -0.39 is 0 Å². The smallest absolute Gasteiger partial charge is 0.230 e. The van der Waals surface area contributed by atoms with Crippen LogP contribution in [0.1, 0.15) is 48.8 Å². The van der Waals surface area contributed by atoms with Gasteiger partial charge in [0.1, 0.15) is 0 Å². The number of hydrogen-bond acceptors (Lipinski definition) is 2. The molecule has 1 aliphatic heterocycles. The maximum absolute atomic E-state index is 13.1. The number of aryl methyl sites for hydroxylation is 1. The molecule has 4 heteroatoms. The minimum atomic E-state index is 0.0569. The number of rotatable bonds is 2. The van der Waals surface area contributed by atoms with E-state index in [-0.39, 0.29) is 5.92 Å². The van der Waals surface area contributed by atoms with Crippen LogP contribution in [0.25, 0.3) is 0 Å². The van der Waals surface area contributed by atoms with E-state index in [2.05, 4.69) is 38.7 Å². The minimum Gasteiger partial charge on any atom is -0.340 e. The molecule has 0 saturated carbocycles. The van der Waals surface area contributed by atoms with Crippen molar-refractivity contribution < 1.29 is 4.79 Å². The van der Waals surface area contributed by atoms with E-state index in [9.17, 15) is 4.79 Å². The summed E-state index contributed by atoms with van der Waals surface area (Å²) in [5.41, 5.74) is 2.62. The Labute approximate surface area is 137 Å². The molecule has 0 spiro atoms. The van der Waals surface area contributed by atoms with Crippen molar-refractivity contribution in [2.75, 3.05) is 13.1 Å². The second kappa shape index (κ2) is 6.19. The molecule has 1 aliphatic carbocycles. The molecular formula is C19H23N3O. The third-order valence-electron chi connectivity index (χ3n) is 5.32. The number of carbonyl (C=O) groups excluding carboxylic acids is 1. The first kappa shape index (κ1) is 14.5. The van der Waals surface area contributed by atoms with Gasteiger partial charge in [-0.2, -0.15) is 0 Å². The van der Waals surface area contributed by atoms with Crippen LogP contribution in [0.5, 0.6) is 0 Å². The van der Waals surface area contributed by atoms with Crippen LogP contribution in [-0.4, -0.2) is 33.4 Å². The number of piperidine rings is 1. The molecule has 2 aliphatic rings. The van der Waals surface area contributed by atoms with Gasteiger partial charge < -0.3 is 9.47 Å². The van der Waals surface area contributed by atoms with Crippen LogP contribution in [0.2, 0.25) is 0 Å². The van der Waals surface area contributed by atoms with Gasteiger partial charge >= 0.3 is 0 Å². The van der Waals surface area contributed by atoms with E-state index >= 15 is 0 Å². The van der Waals surface area contributed by atoms with Crippen molar-refractivity contribution in [3.8, 4) is 0 Å². The Bertz CT molecular complexity index is 680. The summed E-state index contributed by atoms with van der Waals surface area (Å²) < 4.78 is 2.15. The highest BCUT2D eigenvalue weighted by atomic mass is 16.2. The Hall–Kier alpha value is -2.10. The number of aromatic nitrogens is 2. The molecule has 23 heavy (non-hydrogen) atoms. The third-order valence-corrected chi connectivity index (χ3v) is 5.32. The fraction of sp³-hybridized carbons (Fsp3) is 0.474. The van der Waals surface area contributed by atoms with Gasteiger partial charge in [0.25, 0.3) is 0 Å². The highest BCUT2D eigenvalue weighted by Crippen LogP contribution is 2.34. The van der Waals surface area contributed by atoms with E-state index in [1.165, 1.54) is 11.1 Å². The van der Waals surface area contributed by atoms with Crippen LogP contribution in [0.3, 0.4) is 0 Å². The summed E-state index contributed by atoms with van der Waals surface area (Å²) in [6.45, 7) is 1.70. The van der Waals surface area contributed by atoms with Crippen molar-refractivity contribution >= 4 is 5.91 Å². The van der Waals surface area contributed by atoms with Gasteiger partial charge in [0.05, 0.1) is 18.3 Å². The summed E-state index contributed by atoms with van der Waals surface area (Å²) in [4.78, 5) is 19.4. The number of amides is 1. The highest BCUT2D eigenvalue weighted by molar-refractivity contribution is 5.84. The van der Waals surface area contributed by atoms with E-state index in [4.69, 9.17) is 0 Å². The fourth-order valence-corrected chi connectivity index (χ4v) is 4.11. The second-order valence-corrected chi connectivity index (χ2v) is 6.73. The van der Waals surface area contributed by atoms with Crippen LogP contribution < -0.4 is 0 Å². The van der Waals surface area contributed by atoms with E-state index in [0.717, 1.165) is 45.2 Å². The molecule has 0 unspecified atom stereocenters. The van der Waals surface area contributed by atoms with Gasteiger partial charge in [0.15, 0.2) is 0 Å². The van der Waals surface area contributed by atoms with Crippen molar-refractivity contribution in [3.05, 3.63) is 54.1 Å². The lowest BCUT2D eigenvalue weighted by Gasteiger charge is -2.36. The molecule has 2 aromatic rings. The van der Waals surface area contributed by atoms with Crippen LogP contribution in [0.4, 0.5) is 0 Å². The summed E-state index contributed by atoms with van der Waals surface area (Å²) in [5.74, 6) is 0.378. The standard InChI is InChI=1S/C19H23N3O/c23-19(18-9-3-6-15-5-1-2-8-17(15)18)21-11-4-7-16(13-21)22-12-10-20-14-22/h1-2,5,8,10,12,14,16,18H,3-4,6-7,9,11,13H2/t16-,18+/m0/s1. The molecule has 1 saturated heterocycles. The molecule has 4 nitrogen and oxygen atoms in total. The Morgan fingerprint density at radius 2 is 2.09 bits per heavy atom. The predicted molar refractivity (Wildman–Crippen MR) is 89.2 cm³/mol. The van der Waals surface area contributed by atoms with Gasteiger partial charge in [-0.3, -0.25) is 4.79 Å². The number of hydrogen-bond donors (Lipinski definition) is 0. The number of fused-ring (bicyclic) bond motifs is 1. The maximum atomic E-state index is 13.1. The van der Waals surface area contributed by atoms with E-state index in [0.29, 0.717) is 11.9 Å². The molecule has 2 heterocycles. The van der Waals surface area contributed by atoms with Gasteiger partial charge in [-0.25, -0.2) is 4.98 Å². The average molecular weight is 309 g/mol. The van der Waals surface area contributed by atoms with Gasteiger partial charge in [0.2, 0.25) is 5.91 Å². The van der Waals surface area contributed by atoms with Crippen LogP contribution in [0.15, 0.2) is 43.0 Å². The van der Waals surface area contributed by atoms with Crippen molar-refractivity contribution in [3.63, 3.8) is 0 Å². The zero-order chi connectivity index (χ0) is 15.6. The Balaban J connectivity index is 1.53. The summed E-state index contributed by atoms with van der Waals surface area (Å²) in [7, 11) is 0. The zero-order valence-electron chi connectivity index (χ0n) is 13.4. The van der Waals surface area contributed by atoms with Crippen molar-refractivity contribution in [2.24, 2.45) is 0 Å². The van der Waals surface area contributed by atoms with Crippen LogP contribution in [-0.2, 0) is 11.2 Å². The minimum absolute atomic E-state index is 0.0569. The number of imidazole rings is 1. The molecule has 1 amide bonds. The number of carbonyl (C=O) groups is 1. The summed E-state index contributed by atoms with van der Waals surface area (Å²) in [6.07, 6.45) is 11.1. The normalized spacial score (nSPS) is 24.3. The molecule has 1 fully saturated rings. The SMILES string of the molecule is O=C([C@@H]1CCCc2ccccc21)N1CCC[C@H](n2ccnc2)C1. The molecule has 2 atom stereocenters. The molecule has 120 valence electrons. The van der Waals surface area contributed by atoms with Gasteiger partial charge in [-0.05, 0) is 43.2 Å². The first-order chi connectivity index (χ1) is 11.3. The molecular weight excluding hydrogens is 286 g/mol. The second-order valence-electron chi connectivity index (χ2n) is 6.73. The largest absolute Gasteiger partial charge is 0.340 e. The first-order valence-electron chi connectivity index (χ1n) is 8.67. The highest BCUT2D eigenvalue weighted by Gasteiger charge is 2.32. The van der Waals surface area contributed by atoms with Crippen LogP contribution in [0, 0.1) is 0 Å². The first-order valence-corrected chi connectivity index (χ1v) is 8.67. The molecule has 4 rings (SSSR count). The van der Waals surface area contributed by atoms with Crippen molar-refractivity contribution in [1.29, 1.82) is 0 Å². The average Bonchev–Trinajstić information content (AvgIpc) is 3.15. The molecule has 0 N–H and O–H groups in total. The molecule has 1 aromatic heterocycles. The van der Waals surface area contributed by atoms with E-state index in [1.807, 2.05) is 18.7 Å². The topological polar surface area (TPSA) is 38.1 Å². The maximum Gasteiger partial charge on any atom is 0.230 e. The summed E-state index contributed by atoms with van der Waals surface area (Å²) in [6, 6.07) is 8.85. The quantitative estimate of drug-likeness (QED) is 0.854. The lowest BCUT2D eigenvalue weighted by Crippen LogP contribution is -2.43. The van der Waals surface area contributed by atoms with E-state index in [1.54, 1.807) is 0 Å². The Morgan fingerprint density at radius 3 is 2.96 bits per heavy atom.